The number of halogens is 3. The minimum Gasteiger partial charge on any atom is -0.297 e. The van der Waals surface area contributed by atoms with Crippen LogP contribution in [-0.2, 0) is 6.18 Å². The lowest BCUT2D eigenvalue weighted by Gasteiger charge is -2.07. The number of alkyl halides is 3. The first-order chi connectivity index (χ1) is 11.8. The van der Waals surface area contributed by atoms with Gasteiger partial charge in [-0.15, -0.1) is 0 Å². The lowest BCUT2D eigenvalue weighted by atomic mass is 10.1. The van der Waals surface area contributed by atoms with E-state index >= 15 is 0 Å². The zero-order chi connectivity index (χ0) is 18.0. The lowest BCUT2D eigenvalue weighted by molar-refractivity contribution is -0.137. The highest BCUT2D eigenvalue weighted by molar-refractivity contribution is 7.10. The van der Waals surface area contributed by atoms with Crippen molar-refractivity contribution >= 4 is 22.6 Å². The van der Waals surface area contributed by atoms with Crippen LogP contribution in [0.2, 0.25) is 0 Å². The second-order valence-electron chi connectivity index (χ2n) is 5.17. The van der Waals surface area contributed by atoms with Crippen molar-refractivity contribution in [1.29, 1.82) is 0 Å². The summed E-state index contributed by atoms with van der Waals surface area (Å²) >= 11 is 0.966. The number of nitrogens with one attached hydrogen (secondary N) is 1. The first-order valence-corrected chi connectivity index (χ1v) is 7.85. The van der Waals surface area contributed by atoms with Gasteiger partial charge in [0.05, 0.1) is 5.56 Å². The highest BCUT2D eigenvalue weighted by atomic mass is 32.1. The molecule has 3 rings (SSSR count). The van der Waals surface area contributed by atoms with Gasteiger partial charge in [-0.3, -0.25) is 15.1 Å². The molecule has 0 saturated carbocycles. The van der Waals surface area contributed by atoms with E-state index in [2.05, 4.69) is 19.7 Å². The van der Waals surface area contributed by atoms with Gasteiger partial charge in [0.1, 0.15) is 5.69 Å². The number of aromatic nitrogens is 3. The summed E-state index contributed by atoms with van der Waals surface area (Å²) in [6.45, 7) is 1.90. The lowest BCUT2D eigenvalue weighted by Crippen LogP contribution is -2.12. The van der Waals surface area contributed by atoms with Gasteiger partial charge in [-0.05, 0) is 42.8 Å². The Morgan fingerprint density at radius 3 is 2.44 bits per heavy atom. The Bertz CT molecular complexity index is 889. The van der Waals surface area contributed by atoms with Crippen molar-refractivity contribution in [1.82, 2.24) is 14.3 Å². The minimum absolute atomic E-state index is 0.0956. The number of nitrogens with zero attached hydrogens (tertiary/aromatic N) is 3. The number of anilines is 1. The van der Waals surface area contributed by atoms with Crippen LogP contribution in [0.1, 0.15) is 21.5 Å². The number of hydrogen-bond donors (Lipinski definition) is 1. The van der Waals surface area contributed by atoms with E-state index in [0.717, 1.165) is 41.4 Å². The van der Waals surface area contributed by atoms with Crippen LogP contribution in [0.25, 0.3) is 11.5 Å². The first kappa shape index (κ1) is 17.0. The van der Waals surface area contributed by atoms with Gasteiger partial charge in [-0.2, -0.15) is 22.5 Å². The van der Waals surface area contributed by atoms with Crippen LogP contribution in [0, 0.1) is 6.92 Å². The molecule has 0 bridgehead atoms. The topological polar surface area (TPSA) is 67.8 Å². The molecular weight excluding hydrogens is 353 g/mol. The summed E-state index contributed by atoms with van der Waals surface area (Å²) in [6, 6.07) is 7.57. The van der Waals surface area contributed by atoms with Crippen molar-refractivity contribution in [3.05, 3.63) is 59.3 Å². The molecule has 0 saturated heterocycles. The maximum absolute atomic E-state index is 12.5. The van der Waals surface area contributed by atoms with E-state index in [1.807, 2.05) is 13.0 Å². The smallest absolute Gasteiger partial charge is 0.297 e. The van der Waals surface area contributed by atoms with Crippen molar-refractivity contribution in [2.45, 2.75) is 13.1 Å². The van der Waals surface area contributed by atoms with Gasteiger partial charge in [-0.1, -0.05) is 6.07 Å². The fourth-order valence-corrected chi connectivity index (χ4v) is 2.53. The molecule has 128 valence electrons. The molecule has 0 spiro atoms. The quantitative estimate of drug-likeness (QED) is 0.757. The highest BCUT2D eigenvalue weighted by Crippen LogP contribution is 2.29. The van der Waals surface area contributed by atoms with Gasteiger partial charge in [0.15, 0.2) is 5.82 Å². The molecule has 0 unspecified atom stereocenters. The monoisotopic (exact) mass is 364 g/mol. The van der Waals surface area contributed by atoms with Crippen molar-refractivity contribution in [3.63, 3.8) is 0 Å². The molecule has 0 radical (unpaired) electrons. The van der Waals surface area contributed by atoms with Gasteiger partial charge in [0, 0.05) is 23.3 Å². The van der Waals surface area contributed by atoms with Gasteiger partial charge < -0.3 is 0 Å². The molecule has 2 heterocycles. The van der Waals surface area contributed by atoms with Gasteiger partial charge >= 0.3 is 6.18 Å². The summed E-state index contributed by atoms with van der Waals surface area (Å²) in [5.74, 6) is -0.194. The molecule has 25 heavy (non-hydrogen) atoms. The SMILES string of the molecule is Cc1ccc(-c2nsc(NC(=O)c3ccc(C(F)(F)F)cc3)n2)nc1. The fraction of sp³-hybridized carbons (Fsp3) is 0.125. The normalized spacial score (nSPS) is 11.4. The van der Waals surface area contributed by atoms with E-state index in [-0.39, 0.29) is 10.7 Å². The molecule has 1 amide bonds. The zero-order valence-corrected chi connectivity index (χ0v) is 13.6. The fourth-order valence-electron chi connectivity index (χ4n) is 1.96. The maximum Gasteiger partial charge on any atom is 0.416 e. The summed E-state index contributed by atoms with van der Waals surface area (Å²) in [7, 11) is 0. The molecule has 1 N–H and O–H groups in total. The van der Waals surface area contributed by atoms with Crippen LogP contribution in [0.4, 0.5) is 18.3 Å². The molecular formula is C16H11F3N4OS. The molecule has 5 nitrogen and oxygen atoms in total. The average molecular weight is 364 g/mol. The van der Waals surface area contributed by atoms with Crippen LogP contribution in [-0.4, -0.2) is 20.2 Å². The molecule has 0 aliphatic carbocycles. The van der Waals surface area contributed by atoms with E-state index in [1.54, 1.807) is 12.3 Å². The van der Waals surface area contributed by atoms with Crippen molar-refractivity contribution < 1.29 is 18.0 Å². The van der Waals surface area contributed by atoms with Crippen LogP contribution >= 0.6 is 11.5 Å². The number of carbonyl (C=O) groups excluding carboxylic acids is 1. The Morgan fingerprint density at radius 2 is 1.84 bits per heavy atom. The van der Waals surface area contributed by atoms with Crippen LogP contribution < -0.4 is 5.32 Å². The van der Waals surface area contributed by atoms with Crippen molar-refractivity contribution in [3.8, 4) is 11.5 Å². The van der Waals surface area contributed by atoms with Crippen molar-refractivity contribution in [2.24, 2.45) is 0 Å². The van der Waals surface area contributed by atoms with Gasteiger partial charge in [0.2, 0.25) is 5.13 Å². The number of carbonyl (C=O) groups is 1. The second-order valence-corrected chi connectivity index (χ2v) is 5.93. The molecule has 0 fully saturated rings. The predicted octanol–water partition coefficient (Wildman–Crippen LogP) is 4.18. The Labute approximate surface area is 144 Å². The van der Waals surface area contributed by atoms with E-state index in [4.69, 9.17) is 0 Å². The predicted molar refractivity (Wildman–Crippen MR) is 87.3 cm³/mol. The number of hydrogen-bond acceptors (Lipinski definition) is 5. The molecule has 0 aliphatic heterocycles. The summed E-state index contributed by atoms with van der Waals surface area (Å²) in [4.78, 5) is 20.5. The third-order valence-corrected chi connectivity index (χ3v) is 3.89. The summed E-state index contributed by atoms with van der Waals surface area (Å²) in [6.07, 6.45) is -2.76. The Kier molecular flexibility index (Phi) is 4.49. The second kappa shape index (κ2) is 6.60. The Balaban J connectivity index is 1.72. The van der Waals surface area contributed by atoms with E-state index in [0.29, 0.717) is 11.5 Å². The van der Waals surface area contributed by atoms with E-state index < -0.39 is 17.6 Å². The number of aryl methyl sites for hydroxylation is 1. The standard InChI is InChI=1S/C16H11F3N4OS/c1-9-2-7-12(20-8-9)13-21-15(25-23-13)22-14(24)10-3-5-11(6-4-10)16(17,18)19/h2-8H,1H3,(H,21,22,23,24). The van der Waals surface area contributed by atoms with E-state index in [9.17, 15) is 18.0 Å². The third-order valence-electron chi connectivity index (χ3n) is 3.26. The number of pyridine rings is 1. The molecule has 3 aromatic rings. The van der Waals surface area contributed by atoms with E-state index in [1.165, 1.54) is 0 Å². The van der Waals surface area contributed by atoms with Crippen molar-refractivity contribution in [2.75, 3.05) is 5.32 Å². The largest absolute Gasteiger partial charge is 0.416 e. The number of rotatable bonds is 3. The molecule has 0 atom stereocenters. The molecule has 1 aromatic carbocycles. The molecule has 2 aromatic heterocycles. The Morgan fingerprint density at radius 1 is 1.12 bits per heavy atom. The van der Waals surface area contributed by atoms with Gasteiger partial charge in [0.25, 0.3) is 5.91 Å². The highest BCUT2D eigenvalue weighted by Gasteiger charge is 2.30. The summed E-state index contributed by atoms with van der Waals surface area (Å²) in [5.41, 5.74) is 0.845. The third kappa shape index (κ3) is 4.00. The van der Waals surface area contributed by atoms with Crippen LogP contribution in [0.3, 0.4) is 0 Å². The van der Waals surface area contributed by atoms with Crippen LogP contribution in [0.15, 0.2) is 42.6 Å². The zero-order valence-electron chi connectivity index (χ0n) is 12.8. The number of amides is 1. The summed E-state index contributed by atoms with van der Waals surface area (Å²) in [5, 5.41) is 2.75. The maximum atomic E-state index is 12.5. The Hall–Kier alpha value is -2.81. The number of benzene rings is 1. The first-order valence-electron chi connectivity index (χ1n) is 7.08. The molecule has 9 heteroatoms. The minimum atomic E-state index is -4.44. The average Bonchev–Trinajstić information content (AvgIpc) is 3.03. The summed E-state index contributed by atoms with van der Waals surface area (Å²) < 4.78 is 41.7. The van der Waals surface area contributed by atoms with Gasteiger partial charge in [-0.25, -0.2) is 0 Å². The molecule has 0 aliphatic rings. The van der Waals surface area contributed by atoms with Crippen LogP contribution in [0.5, 0.6) is 0 Å².